The van der Waals surface area contributed by atoms with E-state index in [4.69, 9.17) is 4.74 Å². The SMILES string of the molecule is Bc1cc(CNC(=O)OC(C)(C)C)ccc1F. The standard InChI is InChI=1S/C12H17BFNO2/c1-12(2,3)17-11(16)15-7-8-4-5-10(14)9(13)6-8/h4-6H,7,13H2,1-3H3,(H,15,16). The number of alkyl carbamates (subject to hydrolysis) is 1. The highest BCUT2D eigenvalue weighted by molar-refractivity contribution is 6.32. The Morgan fingerprint density at radius 2 is 2.12 bits per heavy atom. The van der Waals surface area contributed by atoms with E-state index in [0.717, 1.165) is 5.56 Å². The summed E-state index contributed by atoms with van der Waals surface area (Å²) in [7, 11) is 1.69. The van der Waals surface area contributed by atoms with Crippen LogP contribution in [0.3, 0.4) is 0 Å². The van der Waals surface area contributed by atoms with E-state index in [2.05, 4.69) is 5.32 Å². The van der Waals surface area contributed by atoms with Gasteiger partial charge in [0.2, 0.25) is 0 Å². The summed E-state index contributed by atoms with van der Waals surface area (Å²) in [5.74, 6) is -0.244. The highest BCUT2D eigenvalue weighted by Gasteiger charge is 2.15. The maximum atomic E-state index is 13.0. The number of halogens is 1. The van der Waals surface area contributed by atoms with Gasteiger partial charge in [-0.15, -0.1) is 0 Å². The van der Waals surface area contributed by atoms with Crippen molar-refractivity contribution >= 4 is 19.4 Å². The second-order valence-corrected chi connectivity index (χ2v) is 4.94. The Kier molecular flexibility index (Phi) is 4.15. The van der Waals surface area contributed by atoms with Gasteiger partial charge in [0.15, 0.2) is 0 Å². The fourth-order valence-corrected chi connectivity index (χ4v) is 1.31. The first kappa shape index (κ1) is 13.5. The van der Waals surface area contributed by atoms with Crippen molar-refractivity contribution in [3.63, 3.8) is 0 Å². The third-order valence-electron chi connectivity index (χ3n) is 2.06. The van der Waals surface area contributed by atoms with E-state index >= 15 is 0 Å². The predicted molar refractivity (Wildman–Crippen MR) is 67.7 cm³/mol. The molecule has 0 saturated heterocycles. The van der Waals surface area contributed by atoms with Crippen LogP contribution in [0.2, 0.25) is 0 Å². The van der Waals surface area contributed by atoms with Crippen molar-refractivity contribution in [1.29, 1.82) is 0 Å². The maximum Gasteiger partial charge on any atom is 0.407 e. The number of rotatable bonds is 2. The zero-order chi connectivity index (χ0) is 13.1. The number of carbonyl (C=O) groups is 1. The lowest BCUT2D eigenvalue weighted by Crippen LogP contribution is -2.32. The summed E-state index contributed by atoms with van der Waals surface area (Å²) in [6.45, 7) is 5.73. The average Bonchev–Trinajstić information content (AvgIpc) is 2.17. The quantitative estimate of drug-likeness (QED) is 0.782. The summed E-state index contributed by atoms with van der Waals surface area (Å²) < 4.78 is 18.1. The zero-order valence-corrected chi connectivity index (χ0v) is 10.6. The van der Waals surface area contributed by atoms with E-state index in [1.165, 1.54) is 6.07 Å². The Labute approximate surface area is 102 Å². The van der Waals surface area contributed by atoms with Crippen molar-refractivity contribution in [1.82, 2.24) is 5.32 Å². The monoisotopic (exact) mass is 237 g/mol. The van der Waals surface area contributed by atoms with Crippen LogP contribution in [-0.2, 0) is 11.3 Å². The molecule has 0 atom stereocenters. The van der Waals surface area contributed by atoms with Gasteiger partial charge < -0.3 is 10.1 Å². The highest BCUT2D eigenvalue weighted by atomic mass is 19.1. The zero-order valence-electron chi connectivity index (χ0n) is 10.6. The summed E-state index contributed by atoms with van der Waals surface area (Å²) >= 11 is 0. The van der Waals surface area contributed by atoms with Crippen molar-refractivity contribution in [2.45, 2.75) is 32.9 Å². The Hall–Kier alpha value is -1.52. The van der Waals surface area contributed by atoms with Crippen molar-refractivity contribution in [2.24, 2.45) is 0 Å². The predicted octanol–water partition coefficient (Wildman–Crippen LogP) is 1.11. The summed E-state index contributed by atoms with van der Waals surface area (Å²) in [4.78, 5) is 11.4. The Morgan fingerprint density at radius 3 is 2.65 bits per heavy atom. The molecular weight excluding hydrogens is 220 g/mol. The van der Waals surface area contributed by atoms with Crippen LogP contribution in [0.4, 0.5) is 9.18 Å². The van der Waals surface area contributed by atoms with E-state index in [9.17, 15) is 9.18 Å². The van der Waals surface area contributed by atoms with Gasteiger partial charge in [-0.25, -0.2) is 9.18 Å². The van der Waals surface area contributed by atoms with Crippen molar-refractivity contribution in [3.8, 4) is 0 Å². The largest absolute Gasteiger partial charge is 0.444 e. The van der Waals surface area contributed by atoms with Crippen LogP contribution >= 0.6 is 0 Å². The highest BCUT2D eigenvalue weighted by Crippen LogP contribution is 2.07. The summed E-state index contributed by atoms with van der Waals surface area (Å²) in [6.07, 6.45) is -0.473. The van der Waals surface area contributed by atoms with Crippen LogP contribution in [0.15, 0.2) is 18.2 Å². The van der Waals surface area contributed by atoms with Gasteiger partial charge in [-0.2, -0.15) is 0 Å². The molecule has 92 valence electrons. The lowest BCUT2D eigenvalue weighted by Gasteiger charge is -2.19. The van der Waals surface area contributed by atoms with E-state index < -0.39 is 11.7 Å². The van der Waals surface area contributed by atoms with Gasteiger partial charge in [0, 0.05) is 6.54 Å². The molecule has 0 saturated carbocycles. The second kappa shape index (κ2) is 5.21. The Morgan fingerprint density at radius 1 is 1.47 bits per heavy atom. The lowest BCUT2D eigenvalue weighted by molar-refractivity contribution is 0.0523. The molecule has 1 aromatic carbocycles. The molecule has 0 aliphatic carbocycles. The molecule has 0 bridgehead atoms. The van der Waals surface area contributed by atoms with Crippen LogP contribution < -0.4 is 10.8 Å². The van der Waals surface area contributed by atoms with Gasteiger partial charge >= 0.3 is 6.09 Å². The molecule has 0 aliphatic heterocycles. The van der Waals surface area contributed by atoms with Gasteiger partial charge in [0.25, 0.3) is 0 Å². The van der Waals surface area contributed by atoms with Gasteiger partial charge in [0.1, 0.15) is 19.3 Å². The molecule has 17 heavy (non-hydrogen) atoms. The third-order valence-corrected chi connectivity index (χ3v) is 2.06. The molecule has 1 rings (SSSR count). The van der Waals surface area contributed by atoms with Crippen molar-refractivity contribution < 1.29 is 13.9 Å². The van der Waals surface area contributed by atoms with Gasteiger partial charge in [0.05, 0.1) is 0 Å². The molecule has 0 aromatic heterocycles. The number of nitrogens with one attached hydrogen (secondary N) is 1. The molecule has 0 spiro atoms. The van der Waals surface area contributed by atoms with Gasteiger partial charge in [-0.1, -0.05) is 17.6 Å². The van der Waals surface area contributed by atoms with Crippen LogP contribution in [0.5, 0.6) is 0 Å². The van der Waals surface area contributed by atoms with E-state index in [-0.39, 0.29) is 5.82 Å². The van der Waals surface area contributed by atoms with Gasteiger partial charge in [-0.3, -0.25) is 0 Å². The molecular formula is C12H17BFNO2. The number of ether oxygens (including phenoxy) is 1. The molecule has 1 amide bonds. The summed E-state index contributed by atoms with van der Waals surface area (Å²) in [6, 6.07) is 4.73. The Bertz CT molecular complexity index is 415. The van der Waals surface area contributed by atoms with Crippen LogP contribution in [0, 0.1) is 5.82 Å². The smallest absolute Gasteiger partial charge is 0.407 e. The summed E-state index contributed by atoms with van der Waals surface area (Å²) in [5.41, 5.74) is 0.895. The van der Waals surface area contributed by atoms with Crippen LogP contribution in [0.25, 0.3) is 0 Å². The van der Waals surface area contributed by atoms with Crippen molar-refractivity contribution in [3.05, 3.63) is 29.6 Å². The number of hydrogen-bond donors (Lipinski definition) is 1. The minimum absolute atomic E-state index is 0.244. The van der Waals surface area contributed by atoms with E-state index in [0.29, 0.717) is 12.0 Å². The first-order valence-corrected chi connectivity index (χ1v) is 5.50. The number of benzene rings is 1. The number of carbonyl (C=O) groups excluding carboxylic acids is 1. The number of amides is 1. The van der Waals surface area contributed by atoms with Gasteiger partial charge in [-0.05, 0) is 32.4 Å². The first-order valence-electron chi connectivity index (χ1n) is 5.50. The lowest BCUT2D eigenvalue weighted by atomic mass is 9.94. The molecule has 0 unspecified atom stereocenters. The molecule has 0 heterocycles. The number of hydrogen-bond acceptors (Lipinski definition) is 2. The second-order valence-electron chi connectivity index (χ2n) is 4.94. The first-order chi connectivity index (χ1) is 7.78. The average molecular weight is 237 g/mol. The maximum absolute atomic E-state index is 13.0. The molecule has 0 aliphatic rings. The molecule has 1 N–H and O–H groups in total. The molecule has 1 aromatic rings. The molecule has 5 heteroatoms. The molecule has 0 radical (unpaired) electrons. The third kappa shape index (κ3) is 4.89. The van der Waals surface area contributed by atoms with Crippen LogP contribution in [0.1, 0.15) is 26.3 Å². The fourth-order valence-electron chi connectivity index (χ4n) is 1.31. The van der Waals surface area contributed by atoms with Crippen molar-refractivity contribution in [2.75, 3.05) is 0 Å². The van der Waals surface area contributed by atoms with E-state index in [1.807, 2.05) is 0 Å². The minimum atomic E-state index is -0.511. The van der Waals surface area contributed by atoms with E-state index in [1.54, 1.807) is 40.8 Å². The minimum Gasteiger partial charge on any atom is -0.444 e. The Balaban J connectivity index is 2.50. The normalized spacial score (nSPS) is 11.1. The fraction of sp³-hybridized carbons (Fsp3) is 0.417. The summed E-state index contributed by atoms with van der Waals surface area (Å²) in [5, 5.41) is 2.62. The molecule has 3 nitrogen and oxygen atoms in total. The van der Waals surface area contributed by atoms with Crippen LogP contribution in [-0.4, -0.2) is 19.5 Å². The molecule has 0 fully saturated rings. The topological polar surface area (TPSA) is 38.3 Å².